The molecular formula is C28H40O8. The first kappa shape index (κ1) is 29.7. The van der Waals surface area contributed by atoms with Gasteiger partial charge in [-0.05, 0) is 24.0 Å². The standard InChI is InChI=1S/C28H40O8/c1-4-5-6-7-8-9-22-10-12-23(13-11-22)24-16-35-28(36-17-24)25(18-33-26(31)20(2)14-29)19-34-27(32)21(3)15-30/h10-13,24-25,28-30H,2-9,14-19H2,1H3. The molecule has 0 amide bonds. The van der Waals surface area contributed by atoms with Crippen molar-refractivity contribution in [3.63, 3.8) is 0 Å². The molecule has 0 atom stereocenters. The second kappa shape index (κ2) is 16.3. The Morgan fingerprint density at radius 1 is 0.917 bits per heavy atom. The van der Waals surface area contributed by atoms with Gasteiger partial charge in [0.05, 0.1) is 43.5 Å². The van der Waals surface area contributed by atoms with Crippen molar-refractivity contribution in [2.24, 2.45) is 5.92 Å². The third kappa shape index (κ3) is 9.85. The lowest BCUT2D eigenvalue weighted by molar-refractivity contribution is -0.226. The van der Waals surface area contributed by atoms with Crippen molar-refractivity contribution in [3.05, 3.63) is 59.7 Å². The maximum absolute atomic E-state index is 11.9. The Morgan fingerprint density at radius 3 is 1.94 bits per heavy atom. The van der Waals surface area contributed by atoms with Crippen molar-refractivity contribution in [3.8, 4) is 0 Å². The maximum Gasteiger partial charge on any atom is 0.335 e. The van der Waals surface area contributed by atoms with Gasteiger partial charge in [0, 0.05) is 5.92 Å². The average molecular weight is 505 g/mol. The first-order valence-corrected chi connectivity index (χ1v) is 12.6. The van der Waals surface area contributed by atoms with E-state index in [0.717, 1.165) is 12.0 Å². The van der Waals surface area contributed by atoms with E-state index in [9.17, 15) is 9.59 Å². The van der Waals surface area contributed by atoms with Crippen LogP contribution in [0.25, 0.3) is 0 Å². The zero-order valence-corrected chi connectivity index (χ0v) is 21.3. The predicted octanol–water partition coefficient (Wildman–Crippen LogP) is 3.46. The molecule has 8 heteroatoms. The molecule has 36 heavy (non-hydrogen) atoms. The van der Waals surface area contributed by atoms with E-state index < -0.39 is 37.4 Å². The quantitative estimate of drug-likeness (QED) is 0.200. The van der Waals surface area contributed by atoms with Crippen LogP contribution in [0.2, 0.25) is 0 Å². The molecule has 1 aliphatic rings. The van der Waals surface area contributed by atoms with Crippen molar-refractivity contribution in [1.29, 1.82) is 0 Å². The first-order valence-electron chi connectivity index (χ1n) is 12.6. The molecule has 200 valence electrons. The molecule has 1 heterocycles. The van der Waals surface area contributed by atoms with Crippen molar-refractivity contribution in [1.82, 2.24) is 0 Å². The monoisotopic (exact) mass is 504 g/mol. The number of unbranched alkanes of at least 4 members (excludes halogenated alkanes) is 4. The van der Waals surface area contributed by atoms with Crippen LogP contribution in [0.5, 0.6) is 0 Å². The fraction of sp³-hybridized carbons (Fsp3) is 0.571. The Kier molecular flexibility index (Phi) is 13.4. The number of rotatable bonds is 16. The summed E-state index contributed by atoms with van der Waals surface area (Å²) in [6, 6.07) is 8.54. The van der Waals surface area contributed by atoms with E-state index >= 15 is 0 Å². The molecule has 0 aliphatic carbocycles. The second-order valence-electron chi connectivity index (χ2n) is 9.12. The van der Waals surface area contributed by atoms with Gasteiger partial charge in [0.1, 0.15) is 13.2 Å². The Labute approximate surface area is 213 Å². The lowest BCUT2D eigenvalue weighted by Crippen LogP contribution is -2.41. The molecule has 0 spiro atoms. The van der Waals surface area contributed by atoms with Gasteiger partial charge in [0.25, 0.3) is 0 Å². The van der Waals surface area contributed by atoms with E-state index in [4.69, 9.17) is 29.2 Å². The normalized spacial score (nSPS) is 17.6. The van der Waals surface area contributed by atoms with Crippen LogP contribution in [-0.2, 0) is 35.0 Å². The molecular weight excluding hydrogens is 464 g/mol. The molecule has 8 nitrogen and oxygen atoms in total. The highest BCUT2D eigenvalue weighted by Gasteiger charge is 2.32. The van der Waals surface area contributed by atoms with Gasteiger partial charge in [0.15, 0.2) is 6.29 Å². The van der Waals surface area contributed by atoms with Gasteiger partial charge >= 0.3 is 11.9 Å². The van der Waals surface area contributed by atoms with Crippen LogP contribution in [0.1, 0.15) is 56.1 Å². The topological polar surface area (TPSA) is 112 Å². The van der Waals surface area contributed by atoms with Crippen LogP contribution in [0.15, 0.2) is 48.6 Å². The van der Waals surface area contributed by atoms with E-state index in [-0.39, 0.29) is 30.3 Å². The molecule has 0 bridgehead atoms. The van der Waals surface area contributed by atoms with Crippen LogP contribution in [0.4, 0.5) is 0 Å². The Bertz CT molecular complexity index is 808. The highest BCUT2D eigenvalue weighted by Crippen LogP contribution is 2.26. The number of aliphatic hydroxyl groups excluding tert-OH is 2. The van der Waals surface area contributed by atoms with Crippen molar-refractivity contribution in [2.45, 2.75) is 57.7 Å². The maximum atomic E-state index is 11.9. The van der Waals surface area contributed by atoms with Gasteiger partial charge in [-0.1, -0.05) is 70.0 Å². The van der Waals surface area contributed by atoms with Crippen molar-refractivity contribution in [2.75, 3.05) is 39.6 Å². The summed E-state index contributed by atoms with van der Waals surface area (Å²) in [6.45, 7) is 8.50. The number of carbonyl (C=O) groups excluding carboxylic acids is 2. The number of ether oxygens (including phenoxy) is 4. The SMILES string of the molecule is C=C(CO)C(=O)OCC(COC(=O)C(=C)CO)C1OCC(c2ccc(CCCCCCC)cc2)CO1. The van der Waals surface area contributed by atoms with Gasteiger partial charge in [-0.3, -0.25) is 0 Å². The molecule has 1 aliphatic heterocycles. The third-order valence-electron chi connectivity index (χ3n) is 6.14. The van der Waals surface area contributed by atoms with Gasteiger partial charge in [-0.15, -0.1) is 0 Å². The highest BCUT2D eigenvalue weighted by atomic mass is 16.7. The van der Waals surface area contributed by atoms with Crippen LogP contribution in [-0.4, -0.2) is 68.1 Å². The molecule has 1 aromatic carbocycles. The third-order valence-corrected chi connectivity index (χ3v) is 6.14. The largest absolute Gasteiger partial charge is 0.462 e. The van der Waals surface area contributed by atoms with E-state index in [1.165, 1.54) is 37.7 Å². The predicted molar refractivity (Wildman–Crippen MR) is 135 cm³/mol. The van der Waals surface area contributed by atoms with Crippen molar-refractivity contribution < 1.29 is 38.7 Å². The van der Waals surface area contributed by atoms with E-state index in [0.29, 0.717) is 13.2 Å². The van der Waals surface area contributed by atoms with Crippen molar-refractivity contribution >= 4 is 11.9 Å². The summed E-state index contributed by atoms with van der Waals surface area (Å²) in [7, 11) is 0. The minimum Gasteiger partial charge on any atom is -0.462 e. The molecule has 0 saturated carbocycles. The number of aliphatic hydroxyl groups is 2. The number of carbonyl (C=O) groups is 2. The molecule has 0 unspecified atom stereocenters. The highest BCUT2D eigenvalue weighted by molar-refractivity contribution is 5.88. The summed E-state index contributed by atoms with van der Waals surface area (Å²) in [4.78, 5) is 23.8. The van der Waals surface area contributed by atoms with Gasteiger partial charge < -0.3 is 29.2 Å². The van der Waals surface area contributed by atoms with Crippen LogP contribution < -0.4 is 0 Å². The number of aryl methyl sites for hydroxylation is 1. The number of hydrogen-bond donors (Lipinski definition) is 2. The summed E-state index contributed by atoms with van der Waals surface area (Å²) < 4.78 is 22.2. The van der Waals surface area contributed by atoms with Crippen LogP contribution in [0, 0.1) is 5.92 Å². The summed E-state index contributed by atoms with van der Waals surface area (Å²) in [5.74, 6) is -2.08. The number of hydrogen-bond acceptors (Lipinski definition) is 8. The number of esters is 2. The lowest BCUT2D eigenvalue weighted by Gasteiger charge is -2.34. The summed E-state index contributed by atoms with van der Waals surface area (Å²) in [5.41, 5.74) is 2.27. The van der Waals surface area contributed by atoms with Gasteiger partial charge in [0.2, 0.25) is 0 Å². The summed E-state index contributed by atoms with van der Waals surface area (Å²) in [6.07, 6.45) is 6.60. The van der Waals surface area contributed by atoms with E-state index in [1.54, 1.807) is 0 Å². The Balaban J connectivity index is 1.90. The second-order valence-corrected chi connectivity index (χ2v) is 9.12. The van der Waals surface area contributed by atoms with E-state index in [2.05, 4.69) is 44.3 Å². The zero-order valence-electron chi connectivity index (χ0n) is 21.3. The average Bonchev–Trinajstić information content (AvgIpc) is 2.92. The van der Waals surface area contributed by atoms with Gasteiger partial charge in [-0.25, -0.2) is 9.59 Å². The zero-order chi connectivity index (χ0) is 26.3. The van der Waals surface area contributed by atoms with Gasteiger partial charge in [-0.2, -0.15) is 0 Å². The first-order chi connectivity index (χ1) is 17.4. The van der Waals surface area contributed by atoms with Crippen LogP contribution in [0.3, 0.4) is 0 Å². The summed E-state index contributed by atoms with van der Waals surface area (Å²) >= 11 is 0. The molecule has 1 fully saturated rings. The molecule has 0 radical (unpaired) electrons. The Morgan fingerprint density at radius 2 is 1.44 bits per heavy atom. The van der Waals surface area contributed by atoms with E-state index in [1.807, 2.05) is 0 Å². The van der Waals surface area contributed by atoms with Crippen LogP contribution >= 0.6 is 0 Å². The molecule has 0 aromatic heterocycles. The molecule has 2 rings (SSSR count). The Hall–Kier alpha value is -2.52. The number of benzene rings is 1. The molecule has 1 saturated heterocycles. The minimum atomic E-state index is -0.769. The summed E-state index contributed by atoms with van der Waals surface area (Å²) in [5, 5.41) is 18.1. The smallest absolute Gasteiger partial charge is 0.335 e. The molecule has 2 N–H and O–H groups in total. The minimum absolute atomic E-state index is 0.0499. The fourth-order valence-electron chi connectivity index (χ4n) is 3.78. The lowest BCUT2D eigenvalue weighted by atomic mass is 9.97. The fourth-order valence-corrected chi connectivity index (χ4v) is 3.78. The molecule has 1 aromatic rings.